The van der Waals surface area contributed by atoms with Crippen molar-refractivity contribution in [1.29, 1.82) is 0 Å². The van der Waals surface area contributed by atoms with Crippen LogP contribution in [0.25, 0.3) is 0 Å². The topological polar surface area (TPSA) is 55.8 Å². The van der Waals surface area contributed by atoms with Crippen molar-refractivity contribution in [3.05, 3.63) is 23.3 Å². The van der Waals surface area contributed by atoms with Gasteiger partial charge in [-0.25, -0.2) is 4.39 Å². The van der Waals surface area contributed by atoms with Crippen molar-refractivity contribution in [3.63, 3.8) is 0 Å². The highest BCUT2D eigenvalue weighted by Gasteiger charge is 2.36. The molecule has 0 aromatic heterocycles. The monoisotopic (exact) mass is 296 g/mol. The van der Waals surface area contributed by atoms with Gasteiger partial charge in [0.15, 0.2) is 0 Å². The molecule has 1 fully saturated rings. The van der Waals surface area contributed by atoms with Crippen LogP contribution in [0.15, 0.2) is 12.1 Å². The van der Waals surface area contributed by atoms with Crippen LogP contribution in [-0.2, 0) is 4.79 Å². The van der Waals surface area contributed by atoms with Crippen molar-refractivity contribution in [2.75, 3.05) is 14.2 Å². The first-order chi connectivity index (χ1) is 9.97. The molecule has 2 unspecified atom stereocenters. The third-order valence-corrected chi connectivity index (χ3v) is 4.00. The molecule has 4 nitrogen and oxygen atoms in total. The Labute approximate surface area is 123 Å². The maximum atomic E-state index is 13.8. The van der Waals surface area contributed by atoms with E-state index in [1.165, 1.54) is 21.1 Å². The molecular weight excluding hydrogens is 275 g/mol. The van der Waals surface area contributed by atoms with Gasteiger partial charge in [0.2, 0.25) is 0 Å². The molecule has 5 heteroatoms. The van der Waals surface area contributed by atoms with E-state index >= 15 is 0 Å². The van der Waals surface area contributed by atoms with E-state index in [1.807, 2.05) is 0 Å². The molecule has 1 saturated carbocycles. The van der Waals surface area contributed by atoms with Crippen molar-refractivity contribution in [2.24, 2.45) is 5.92 Å². The molecule has 0 heterocycles. The van der Waals surface area contributed by atoms with Crippen molar-refractivity contribution in [1.82, 2.24) is 0 Å². The minimum absolute atomic E-state index is 0.0352. The van der Waals surface area contributed by atoms with Crippen molar-refractivity contribution in [2.45, 2.75) is 38.3 Å². The van der Waals surface area contributed by atoms with Crippen LogP contribution in [-0.4, -0.2) is 25.3 Å². The third-order valence-electron chi connectivity index (χ3n) is 4.00. The fourth-order valence-corrected chi connectivity index (χ4v) is 2.77. The van der Waals surface area contributed by atoms with Crippen LogP contribution >= 0.6 is 0 Å². The maximum Gasteiger partial charge on any atom is 0.303 e. The molecule has 0 aliphatic heterocycles. The van der Waals surface area contributed by atoms with Gasteiger partial charge in [0, 0.05) is 17.5 Å². The molecule has 0 radical (unpaired) electrons. The minimum atomic E-state index is -1.19. The van der Waals surface area contributed by atoms with Gasteiger partial charge in [-0.2, -0.15) is 0 Å². The zero-order valence-electron chi connectivity index (χ0n) is 12.6. The van der Waals surface area contributed by atoms with Crippen LogP contribution in [0.1, 0.15) is 49.4 Å². The summed E-state index contributed by atoms with van der Waals surface area (Å²) in [4.78, 5) is 11.1. The Kier molecular flexibility index (Phi) is 4.70. The van der Waals surface area contributed by atoms with Gasteiger partial charge < -0.3 is 14.6 Å². The molecule has 0 spiro atoms. The lowest BCUT2D eigenvalue weighted by atomic mass is 9.88. The molecule has 0 amide bonds. The van der Waals surface area contributed by atoms with Gasteiger partial charge in [0.1, 0.15) is 17.7 Å². The number of halogens is 1. The van der Waals surface area contributed by atoms with E-state index in [0.29, 0.717) is 23.0 Å². The summed E-state index contributed by atoms with van der Waals surface area (Å²) in [5.74, 6) is 0.344. The zero-order valence-corrected chi connectivity index (χ0v) is 12.6. The van der Waals surface area contributed by atoms with E-state index in [9.17, 15) is 9.18 Å². The lowest BCUT2D eigenvalue weighted by Gasteiger charge is -2.21. The van der Waals surface area contributed by atoms with Gasteiger partial charge in [0.25, 0.3) is 0 Å². The van der Waals surface area contributed by atoms with E-state index in [4.69, 9.17) is 14.6 Å². The molecule has 1 aliphatic rings. The number of hydrogen-bond acceptors (Lipinski definition) is 3. The van der Waals surface area contributed by atoms with E-state index in [0.717, 1.165) is 18.4 Å². The lowest BCUT2D eigenvalue weighted by Crippen LogP contribution is -2.11. The minimum Gasteiger partial charge on any atom is -0.496 e. The summed E-state index contributed by atoms with van der Waals surface area (Å²) in [5.41, 5.74) is 1.20. The molecule has 2 rings (SSSR count). The fraction of sp³-hybridized carbons (Fsp3) is 0.562. The van der Waals surface area contributed by atoms with Gasteiger partial charge in [-0.3, -0.25) is 4.79 Å². The number of benzene rings is 1. The number of methoxy groups -OCH3 is 2. The Balaban J connectivity index is 2.48. The lowest BCUT2D eigenvalue weighted by molar-refractivity contribution is -0.137. The van der Waals surface area contributed by atoms with E-state index < -0.39 is 12.1 Å². The normalized spacial score (nSPS) is 17.1. The molecule has 1 aromatic rings. The van der Waals surface area contributed by atoms with Gasteiger partial charge in [-0.05, 0) is 37.3 Å². The smallest absolute Gasteiger partial charge is 0.303 e. The second kappa shape index (κ2) is 6.33. The Morgan fingerprint density at radius 3 is 2.29 bits per heavy atom. The van der Waals surface area contributed by atoms with Gasteiger partial charge in [-0.15, -0.1) is 0 Å². The third kappa shape index (κ3) is 3.46. The summed E-state index contributed by atoms with van der Waals surface area (Å²) in [6.07, 6.45) is 0.864. The summed E-state index contributed by atoms with van der Waals surface area (Å²) in [6, 6.07) is 3.35. The molecule has 1 aliphatic carbocycles. The van der Waals surface area contributed by atoms with Gasteiger partial charge in [-0.1, -0.05) is 0 Å². The van der Waals surface area contributed by atoms with Crippen LogP contribution in [0.2, 0.25) is 0 Å². The van der Waals surface area contributed by atoms with Crippen LogP contribution in [0.5, 0.6) is 11.5 Å². The summed E-state index contributed by atoms with van der Waals surface area (Å²) < 4.78 is 24.4. The largest absolute Gasteiger partial charge is 0.496 e. The molecule has 1 aromatic carbocycles. The SMILES string of the molecule is COc1cc(OC)c(C(CC(=O)O)C2CC2)cc1C(C)F. The molecule has 0 bridgehead atoms. The number of carboxylic acids is 1. The van der Waals surface area contributed by atoms with E-state index in [1.54, 1.807) is 12.1 Å². The summed E-state index contributed by atoms with van der Waals surface area (Å²) in [5, 5.41) is 9.13. The average Bonchev–Trinajstić information content (AvgIpc) is 3.27. The Morgan fingerprint density at radius 2 is 1.86 bits per heavy atom. The molecule has 21 heavy (non-hydrogen) atoms. The highest BCUT2D eigenvalue weighted by Crippen LogP contribution is 2.48. The zero-order chi connectivity index (χ0) is 15.6. The van der Waals surface area contributed by atoms with Crippen LogP contribution < -0.4 is 9.47 Å². The number of rotatable bonds is 7. The first kappa shape index (κ1) is 15.6. The van der Waals surface area contributed by atoms with Crippen molar-refractivity contribution >= 4 is 5.97 Å². The number of ether oxygens (including phenoxy) is 2. The molecule has 1 N–H and O–H groups in total. The van der Waals surface area contributed by atoms with E-state index in [-0.39, 0.29) is 12.3 Å². The van der Waals surface area contributed by atoms with Gasteiger partial charge in [0.05, 0.1) is 20.6 Å². The summed E-state index contributed by atoms with van der Waals surface area (Å²) >= 11 is 0. The molecular formula is C16H21FO4. The Morgan fingerprint density at radius 1 is 1.29 bits per heavy atom. The van der Waals surface area contributed by atoms with E-state index in [2.05, 4.69) is 0 Å². The second-order valence-electron chi connectivity index (χ2n) is 5.49. The van der Waals surface area contributed by atoms with Gasteiger partial charge >= 0.3 is 5.97 Å². The predicted octanol–water partition coefficient (Wildman–Crippen LogP) is 3.70. The Bertz CT molecular complexity index is 523. The first-order valence-electron chi connectivity index (χ1n) is 7.09. The molecule has 0 saturated heterocycles. The highest BCUT2D eigenvalue weighted by molar-refractivity contribution is 5.68. The van der Waals surface area contributed by atoms with Crippen LogP contribution in [0.4, 0.5) is 4.39 Å². The number of hydrogen-bond donors (Lipinski definition) is 1. The van der Waals surface area contributed by atoms with Crippen LogP contribution in [0.3, 0.4) is 0 Å². The fourth-order valence-electron chi connectivity index (χ4n) is 2.77. The number of aliphatic carboxylic acids is 1. The molecule has 2 atom stereocenters. The Hall–Kier alpha value is -1.78. The average molecular weight is 296 g/mol. The standard InChI is InChI=1S/C16H21FO4/c1-9(17)11-6-13(15(21-3)8-14(11)20-2)12(7-16(18)19)10-4-5-10/h6,8-10,12H,4-5,7H2,1-3H3,(H,18,19). The highest BCUT2D eigenvalue weighted by atomic mass is 19.1. The first-order valence-corrected chi connectivity index (χ1v) is 7.09. The second-order valence-corrected chi connectivity index (χ2v) is 5.49. The quantitative estimate of drug-likeness (QED) is 0.833. The summed E-state index contributed by atoms with van der Waals surface area (Å²) in [7, 11) is 3.01. The maximum absolute atomic E-state index is 13.8. The van der Waals surface area contributed by atoms with Crippen LogP contribution in [0, 0.1) is 5.92 Å². The van der Waals surface area contributed by atoms with Crippen molar-refractivity contribution in [3.8, 4) is 11.5 Å². The molecule has 116 valence electrons. The number of carbonyl (C=O) groups is 1. The van der Waals surface area contributed by atoms with Crippen molar-refractivity contribution < 1.29 is 23.8 Å². The summed E-state index contributed by atoms with van der Waals surface area (Å²) in [6.45, 7) is 1.44. The predicted molar refractivity (Wildman–Crippen MR) is 76.8 cm³/mol. The number of carboxylic acid groups (broad SMARTS) is 1. The number of alkyl halides is 1.